The van der Waals surface area contributed by atoms with Crippen molar-refractivity contribution in [2.45, 2.75) is 31.8 Å². The molecule has 0 atom stereocenters. The fraction of sp³-hybridized carbons (Fsp3) is 0.385. The first-order chi connectivity index (χ1) is 9.94. The average molecular weight is 393 g/mol. The maximum atomic E-state index is 12.3. The molecule has 2 rings (SSSR count). The third-order valence-electron chi connectivity index (χ3n) is 2.96. The first-order valence-corrected chi connectivity index (χ1v) is 9.66. The van der Waals surface area contributed by atoms with E-state index in [4.69, 9.17) is 4.42 Å². The van der Waals surface area contributed by atoms with E-state index in [1.54, 1.807) is 11.3 Å². The first kappa shape index (κ1) is 16.7. The molecule has 0 aliphatic carbocycles. The Bertz CT molecular complexity index is 707. The topological polar surface area (TPSA) is 71.3 Å². The highest BCUT2D eigenvalue weighted by Gasteiger charge is 2.22. The summed E-state index contributed by atoms with van der Waals surface area (Å²) in [6, 6.07) is 1.54. The fourth-order valence-corrected chi connectivity index (χ4v) is 4.59. The molecule has 2 heterocycles. The van der Waals surface area contributed by atoms with Crippen LogP contribution in [0.2, 0.25) is 0 Å². The highest BCUT2D eigenvalue weighted by molar-refractivity contribution is 9.10. The summed E-state index contributed by atoms with van der Waals surface area (Å²) in [7, 11) is -3.60. The van der Waals surface area contributed by atoms with E-state index in [-0.39, 0.29) is 16.1 Å². The van der Waals surface area contributed by atoms with Crippen LogP contribution in [0.4, 0.5) is 0 Å². The minimum absolute atomic E-state index is 0.128. The molecule has 21 heavy (non-hydrogen) atoms. The van der Waals surface area contributed by atoms with Crippen LogP contribution in [0.15, 0.2) is 30.8 Å². The molecule has 0 unspecified atom stereocenters. The number of sulfonamides is 1. The van der Waals surface area contributed by atoms with Crippen LogP contribution in [0.25, 0.3) is 0 Å². The second kappa shape index (κ2) is 7.06. The van der Waals surface area contributed by atoms with Gasteiger partial charge in [-0.3, -0.25) is 0 Å². The summed E-state index contributed by atoms with van der Waals surface area (Å²) in [6.07, 6.45) is 0. The molecule has 2 N–H and O–H groups in total. The summed E-state index contributed by atoms with van der Waals surface area (Å²) < 4.78 is 32.9. The third-order valence-corrected chi connectivity index (χ3v) is 6.13. The van der Waals surface area contributed by atoms with Crippen LogP contribution in [-0.2, 0) is 23.1 Å². The Balaban J connectivity index is 2.12. The summed E-state index contributed by atoms with van der Waals surface area (Å²) in [4.78, 5) is 0.128. The summed E-state index contributed by atoms with van der Waals surface area (Å²) in [5, 5.41) is 7.03. The molecule has 0 saturated heterocycles. The standard InChI is InChI=1S/C13H17BrN2O3S2/c1-3-15-6-11-4-12(13(14)19-11)21(17,18)16-5-10-8-20-7-9(10)2/h4,7-8,15-16H,3,5-6H2,1-2H3. The lowest BCUT2D eigenvalue weighted by Gasteiger charge is -2.04. The first-order valence-electron chi connectivity index (χ1n) is 6.44. The number of aryl methyl sites for hydroxylation is 1. The zero-order valence-electron chi connectivity index (χ0n) is 11.8. The molecule has 0 bridgehead atoms. The predicted molar refractivity (Wildman–Crippen MR) is 86.9 cm³/mol. The van der Waals surface area contributed by atoms with E-state index in [0.717, 1.165) is 17.7 Å². The number of nitrogens with one attached hydrogen (secondary N) is 2. The predicted octanol–water partition coefficient (Wildman–Crippen LogP) is 3.00. The summed E-state index contributed by atoms with van der Waals surface area (Å²) in [5.41, 5.74) is 2.07. The van der Waals surface area contributed by atoms with Gasteiger partial charge in [0.15, 0.2) is 4.67 Å². The molecular formula is C13H17BrN2O3S2. The van der Waals surface area contributed by atoms with Gasteiger partial charge in [-0.15, -0.1) is 0 Å². The number of hydrogen-bond donors (Lipinski definition) is 2. The van der Waals surface area contributed by atoms with Crippen molar-refractivity contribution in [2.75, 3.05) is 6.54 Å². The van der Waals surface area contributed by atoms with E-state index in [2.05, 4.69) is 26.0 Å². The molecule has 0 fully saturated rings. The Morgan fingerprint density at radius 2 is 2.10 bits per heavy atom. The van der Waals surface area contributed by atoms with Crippen molar-refractivity contribution in [2.24, 2.45) is 0 Å². The van der Waals surface area contributed by atoms with Crippen LogP contribution in [0, 0.1) is 6.92 Å². The van der Waals surface area contributed by atoms with Crippen molar-refractivity contribution < 1.29 is 12.8 Å². The Hall–Kier alpha value is -0.670. The second-order valence-corrected chi connectivity index (χ2v) is 7.73. The van der Waals surface area contributed by atoms with Crippen LogP contribution >= 0.6 is 27.3 Å². The number of hydrogen-bond acceptors (Lipinski definition) is 5. The molecule has 2 aromatic rings. The zero-order valence-corrected chi connectivity index (χ0v) is 15.0. The van der Waals surface area contributed by atoms with Crippen molar-refractivity contribution in [3.05, 3.63) is 38.4 Å². The van der Waals surface area contributed by atoms with Gasteiger partial charge >= 0.3 is 0 Å². The minimum atomic E-state index is -3.60. The van der Waals surface area contributed by atoms with E-state index >= 15 is 0 Å². The quantitative estimate of drug-likeness (QED) is 0.759. The van der Waals surface area contributed by atoms with Gasteiger partial charge in [-0.05, 0) is 51.3 Å². The molecule has 0 aliphatic rings. The van der Waals surface area contributed by atoms with Crippen LogP contribution in [0.3, 0.4) is 0 Å². The SMILES string of the molecule is CCNCc1cc(S(=O)(=O)NCc2cscc2C)c(Br)o1. The Morgan fingerprint density at radius 3 is 2.71 bits per heavy atom. The van der Waals surface area contributed by atoms with Crippen molar-refractivity contribution >= 4 is 37.3 Å². The van der Waals surface area contributed by atoms with Gasteiger partial charge in [-0.25, -0.2) is 13.1 Å². The number of halogens is 1. The normalized spacial score (nSPS) is 12.0. The van der Waals surface area contributed by atoms with Crippen LogP contribution in [0.1, 0.15) is 23.8 Å². The van der Waals surface area contributed by atoms with Crippen molar-refractivity contribution in [1.82, 2.24) is 10.0 Å². The molecule has 0 aromatic carbocycles. The maximum Gasteiger partial charge on any atom is 0.245 e. The number of furan rings is 1. The Labute approximate surface area is 136 Å². The fourth-order valence-electron chi connectivity index (χ4n) is 1.73. The average Bonchev–Trinajstić information content (AvgIpc) is 3.00. The minimum Gasteiger partial charge on any atom is -0.452 e. The maximum absolute atomic E-state index is 12.3. The van der Waals surface area contributed by atoms with E-state index in [9.17, 15) is 8.42 Å². The second-order valence-electron chi connectivity index (χ2n) is 4.54. The van der Waals surface area contributed by atoms with Gasteiger partial charge in [-0.2, -0.15) is 11.3 Å². The van der Waals surface area contributed by atoms with E-state index in [0.29, 0.717) is 12.3 Å². The van der Waals surface area contributed by atoms with Gasteiger partial charge in [0.25, 0.3) is 0 Å². The van der Waals surface area contributed by atoms with E-state index < -0.39 is 10.0 Å². The zero-order chi connectivity index (χ0) is 15.5. The van der Waals surface area contributed by atoms with Gasteiger partial charge in [-0.1, -0.05) is 6.92 Å². The van der Waals surface area contributed by atoms with Gasteiger partial charge in [0.2, 0.25) is 10.0 Å². The number of rotatable bonds is 7. The monoisotopic (exact) mass is 392 g/mol. The Kier molecular flexibility index (Phi) is 5.61. The molecule has 8 heteroatoms. The third kappa shape index (κ3) is 4.17. The molecule has 0 amide bonds. The van der Waals surface area contributed by atoms with Gasteiger partial charge in [0.1, 0.15) is 10.7 Å². The Morgan fingerprint density at radius 1 is 1.33 bits per heavy atom. The molecule has 0 radical (unpaired) electrons. The summed E-state index contributed by atoms with van der Waals surface area (Å²) in [5.74, 6) is 0.579. The highest BCUT2D eigenvalue weighted by Crippen LogP contribution is 2.26. The molecule has 2 aromatic heterocycles. The largest absolute Gasteiger partial charge is 0.452 e. The molecule has 0 spiro atoms. The van der Waals surface area contributed by atoms with Crippen LogP contribution < -0.4 is 10.0 Å². The molecule has 0 saturated carbocycles. The molecular weight excluding hydrogens is 376 g/mol. The summed E-state index contributed by atoms with van der Waals surface area (Å²) in [6.45, 7) is 5.49. The van der Waals surface area contributed by atoms with Crippen LogP contribution in [0.5, 0.6) is 0 Å². The van der Waals surface area contributed by atoms with Crippen molar-refractivity contribution in [3.8, 4) is 0 Å². The van der Waals surface area contributed by atoms with Gasteiger partial charge in [0.05, 0.1) is 6.54 Å². The van der Waals surface area contributed by atoms with Gasteiger partial charge < -0.3 is 9.73 Å². The highest BCUT2D eigenvalue weighted by atomic mass is 79.9. The summed E-state index contributed by atoms with van der Waals surface area (Å²) >= 11 is 4.72. The molecule has 0 aliphatic heterocycles. The van der Waals surface area contributed by atoms with E-state index in [1.807, 2.05) is 24.6 Å². The lowest BCUT2D eigenvalue weighted by atomic mass is 10.2. The smallest absolute Gasteiger partial charge is 0.245 e. The van der Waals surface area contributed by atoms with Crippen molar-refractivity contribution in [1.29, 1.82) is 0 Å². The molecule has 5 nitrogen and oxygen atoms in total. The van der Waals surface area contributed by atoms with E-state index in [1.165, 1.54) is 6.07 Å². The lowest BCUT2D eigenvalue weighted by Crippen LogP contribution is -2.23. The van der Waals surface area contributed by atoms with Gasteiger partial charge in [0, 0.05) is 12.6 Å². The molecule has 116 valence electrons. The lowest BCUT2D eigenvalue weighted by molar-refractivity contribution is 0.464. The number of thiophene rings is 1. The van der Waals surface area contributed by atoms with Crippen LogP contribution in [-0.4, -0.2) is 15.0 Å². The van der Waals surface area contributed by atoms with Crippen molar-refractivity contribution in [3.63, 3.8) is 0 Å².